The largest absolute Gasteiger partial charge is 0.352 e. The molecule has 0 unspecified atom stereocenters. The number of carbonyl (C=O) groups is 2. The van der Waals surface area contributed by atoms with Gasteiger partial charge in [0.1, 0.15) is 0 Å². The van der Waals surface area contributed by atoms with Gasteiger partial charge in [0.15, 0.2) is 5.69 Å². The fourth-order valence-electron chi connectivity index (χ4n) is 3.02. The van der Waals surface area contributed by atoms with Gasteiger partial charge in [-0.3, -0.25) is 14.5 Å². The molecule has 136 valence electrons. The van der Waals surface area contributed by atoms with Crippen LogP contribution in [0.4, 0.5) is 0 Å². The molecule has 0 bridgehead atoms. The zero-order valence-electron chi connectivity index (χ0n) is 14.5. The van der Waals surface area contributed by atoms with Crippen LogP contribution >= 0.6 is 0 Å². The number of rotatable bonds is 5. The number of nitrogens with one attached hydrogen (secondary N) is 1. The van der Waals surface area contributed by atoms with E-state index >= 15 is 0 Å². The van der Waals surface area contributed by atoms with Crippen LogP contribution < -0.4 is 5.32 Å². The van der Waals surface area contributed by atoms with Crippen molar-refractivity contribution < 1.29 is 9.59 Å². The summed E-state index contributed by atoms with van der Waals surface area (Å²) >= 11 is 0. The molecule has 2 amide bonds. The van der Waals surface area contributed by atoms with E-state index < -0.39 is 0 Å². The first kappa shape index (κ1) is 16.7. The second-order valence-corrected chi connectivity index (χ2v) is 6.76. The van der Waals surface area contributed by atoms with Gasteiger partial charge >= 0.3 is 0 Å². The summed E-state index contributed by atoms with van der Waals surface area (Å²) in [5.41, 5.74) is 1.16. The maximum atomic E-state index is 12.6. The van der Waals surface area contributed by atoms with Crippen LogP contribution in [0.3, 0.4) is 0 Å². The number of hydrogen-bond donors (Lipinski definition) is 1. The number of aromatic nitrogens is 3. The first-order valence-corrected chi connectivity index (χ1v) is 8.98. The SMILES string of the molecule is O=C(CN1CCN(C(=O)c2cnn(-c3ccccc3)n2)CC1)NC1CC1. The van der Waals surface area contributed by atoms with E-state index in [2.05, 4.69) is 20.4 Å². The zero-order chi connectivity index (χ0) is 17.9. The zero-order valence-corrected chi connectivity index (χ0v) is 14.5. The normalized spacial score (nSPS) is 17.9. The summed E-state index contributed by atoms with van der Waals surface area (Å²) in [5, 5.41) is 11.5. The molecule has 2 aromatic rings. The molecular formula is C18H22N6O2. The number of amides is 2. The van der Waals surface area contributed by atoms with Crippen molar-refractivity contribution >= 4 is 11.8 Å². The highest BCUT2D eigenvalue weighted by Gasteiger charge is 2.27. The Morgan fingerprint density at radius 1 is 1.08 bits per heavy atom. The Balaban J connectivity index is 1.31. The summed E-state index contributed by atoms with van der Waals surface area (Å²) in [5.74, 6) is -0.0349. The third-order valence-corrected chi connectivity index (χ3v) is 4.67. The molecule has 0 spiro atoms. The Hall–Kier alpha value is -2.74. The molecule has 1 aliphatic carbocycles. The molecule has 0 radical (unpaired) electrons. The number of carbonyl (C=O) groups excluding carboxylic acids is 2. The van der Waals surface area contributed by atoms with Gasteiger partial charge in [0.05, 0.1) is 18.4 Å². The fourth-order valence-corrected chi connectivity index (χ4v) is 3.02. The highest BCUT2D eigenvalue weighted by atomic mass is 16.2. The predicted octanol–water partition coefficient (Wildman–Crippen LogP) is 0.304. The van der Waals surface area contributed by atoms with Gasteiger partial charge in [-0.15, -0.1) is 5.10 Å². The van der Waals surface area contributed by atoms with Crippen LogP contribution in [0.1, 0.15) is 23.3 Å². The second kappa shape index (κ2) is 7.25. The molecule has 1 N–H and O–H groups in total. The van der Waals surface area contributed by atoms with Crippen molar-refractivity contribution in [3.8, 4) is 5.69 Å². The molecule has 1 aliphatic heterocycles. The predicted molar refractivity (Wildman–Crippen MR) is 94.9 cm³/mol. The molecule has 26 heavy (non-hydrogen) atoms. The lowest BCUT2D eigenvalue weighted by molar-refractivity contribution is -0.122. The minimum absolute atomic E-state index is 0.0816. The summed E-state index contributed by atoms with van der Waals surface area (Å²) in [7, 11) is 0. The van der Waals surface area contributed by atoms with Crippen molar-refractivity contribution in [1.29, 1.82) is 0 Å². The Labute approximate surface area is 151 Å². The summed E-state index contributed by atoms with van der Waals surface area (Å²) in [6.45, 7) is 2.97. The van der Waals surface area contributed by atoms with E-state index in [0.717, 1.165) is 18.5 Å². The van der Waals surface area contributed by atoms with Crippen LogP contribution in [0.5, 0.6) is 0 Å². The lowest BCUT2D eigenvalue weighted by Crippen LogP contribution is -2.51. The monoisotopic (exact) mass is 354 g/mol. The molecular weight excluding hydrogens is 332 g/mol. The van der Waals surface area contributed by atoms with Crippen molar-refractivity contribution in [3.05, 3.63) is 42.2 Å². The fraction of sp³-hybridized carbons (Fsp3) is 0.444. The summed E-state index contributed by atoms with van der Waals surface area (Å²) in [6, 6.07) is 9.89. The summed E-state index contributed by atoms with van der Waals surface area (Å²) in [6.07, 6.45) is 3.69. The molecule has 8 heteroatoms. The maximum Gasteiger partial charge on any atom is 0.276 e. The minimum atomic E-state index is -0.116. The van der Waals surface area contributed by atoms with Crippen molar-refractivity contribution in [1.82, 2.24) is 30.1 Å². The van der Waals surface area contributed by atoms with E-state index in [4.69, 9.17) is 0 Å². The average molecular weight is 354 g/mol. The van der Waals surface area contributed by atoms with Crippen molar-refractivity contribution in [2.45, 2.75) is 18.9 Å². The number of para-hydroxylation sites is 1. The minimum Gasteiger partial charge on any atom is -0.352 e. The van der Waals surface area contributed by atoms with E-state index in [-0.39, 0.29) is 11.8 Å². The first-order chi connectivity index (χ1) is 12.7. The number of piperazine rings is 1. The van der Waals surface area contributed by atoms with Gasteiger partial charge in [-0.05, 0) is 25.0 Å². The lowest BCUT2D eigenvalue weighted by atomic mass is 10.3. The summed E-state index contributed by atoms with van der Waals surface area (Å²) < 4.78 is 0. The van der Waals surface area contributed by atoms with Gasteiger partial charge in [-0.25, -0.2) is 0 Å². The quantitative estimate of drug-likeness (QED) is 0.835. The second-order valence-electron chi connectivity index (χ2n) is 6.76. The van der Waals surface area contributed by atoms with Crippen molar-refractivity contribution in [2.75, 3.05) is 32.7 Å². The first-order valence-electron chi connectivity index (χ1n) is 8.98. The molecule has 4 rings (SSSR count). The molecule has 0 atom stereocenters. The van der Waals surface area contributed by atoms with Gasteiger partial charge < -0.3 is 10.2 Å². The Morgan fingerprint density at radius 2 is 1.81 bits per heavy atom. The molecule has 1 saturated carbocycles. The lowest BCUT2D eigenvalue weighted by Gasteiger charge is -2.33. The third-order valence-electron chi connectivity index (χ3n) is 4.67. The molecule has 1 aromatic heterocycles. The van der Waals surface area contributed by atoms with Crippen LogP contribution in [0.15, 0.2) is 36.5 Å². The van der Waals surface area contributed by atoms with Crippen molar-refractivity contribution in [2.24, 2.45) is 0 Å². The van der Waals surface area contributed by atoms with Crippen LogP contribution in [0, 0.1) is 0 Å². The number of nitrogens with zero attached hydrogens (tertiary/aromatic N) is 5. The van der Waals surface area contributed by atoms with E-state index in [1.165, 1.54) is 11.0 Å². The average Bonchev–Trinajstić information content (AvgIpc) is 3.34. The maximum absolute atomic E-state index is 12.6. The highest BCUT2D eigenvalue weighted by molar-refractivity contribution is 5.92. The topological polar surface area (TPSA) is 83.4 Å². The number of benzene rings is 1. The molecule has 1 saturated heterocycles. The van der Waals surface area contributed by atoms with Crippen molar-refractivity contribution in [3.63, 3.8) is 0 Å². The molecule has 1 aromatic carbocycles. The molecule has 2 heterocycles. The third kappa shape index (κ3) is 3.91. The van der Waals surface area contributed by atoms with E-state index in [1.807, 2.05) is 30.3 Å². The van der Waals surface area contributed by atoms with E-state index in [9.17, 15) is 9.59 Å². The molecule has 8 nitrogen and oxygen atoms in total. The molecule has 2 fully saturated rings. The van der Waals surface area contributed by atoms with Gasteiger partial charge in [0.25, 0.3) is 5.91 Å². The smallest absolute Gasteiger partial charge is 0.276 e. The number of hydrogen-bond acceptors (Lipinski definition) is 5. The van der Waals surface area contributed by atoms with Crippen LogP contribution in [-0.2, 0) is 4.79 Å². The van der Waals surface area contributed by atoms with E-state index in [0.29, 0.717) is 44.5 Å². The summed E-state index contributed by atoms with van der Waals surface area (Å²) in [4.78, 5) is 29.8. The Bertz CT molecular complexity index is 778. The molecule has 2 aliphatic rings. The van der Waals surface area contributed by atoms with Gasteiger partial charge in [0, 0.05) is 32.2 Å². The van der Waals surface area contributed by atoms with E-state index in [1.54, 1.807) is 4.90 Å². The highest BCUT2D eigenvalue weighted by Crippen LogP contribution is 2.18. The Kier molecular flexibility index (Phi) is 4.66. The Morgan fingerprint density at radius 3 is 2.50 bits per heavy atom. The standard InChI is InChI=1S/C18H22N6O2/c25-17(20-14-6-7-14)13-22-8-10-23(11-9-22)18(26)16-12-19-24(21-16)15-4-2-1-3-5-15/h1-5,12,14H,6-11,13H2,(H,20,25). The van der Waals surface area contributed by atoms with Crippen LogP contribution in [-0.4, -0.2) is 75.4 Å². The van der Waals surface area contributed by atoms with Crippen LogP contribution in [0.25, 0.3) is 5.69 Å². The van der Waals surface area contributed by atoms with Gasteiger partial charge in [-0.2, -0.15) is 9.90 Å². The van der Waals surface area contributed by atoms with Gasteiger partial charge in [-0.1, -0.05) is 18.2 Å². The van der Waals surface area contributed by atoms with Crippen LogP contribution in [0.2, 0.25) is 0 Å². The van der Waals surface area contributed by atoms with Gasteiger partial charge in [0.2, 0.25) is 5.91 Å².